The Kier molecular flexibility index (Phi) is 11.0. The van der Waals surface area contributed by atoms with Gasteiger partial charge in [0, 0.05) is 25.0 Å². The summed E-state index contributed by atoms with van der Waals surface area (Å²) in [6.45, 7) is 11.8. The highest BCUT2D eigenvalue weighted by atomic mass is 19.1. The number of rotatable bonds is 5. The largest absolute Gasteiger partial charge is 0.398 e. The van der Waals surface area contributed by atoms with Gasteiger partial charge in [-0.05, 0) is 90.8 Å². The monoisotopic (exact) mass is 429 g/mol. The van der Waals surface area contributed by atoms with Crippen LogP contribution in [0.2, 0.25) is 0 Å². The van der Waals surface area contributed by atoms with Crippen LogP contribution < -0.4 is 16.8 Å². The highest BCUT2D eigenvalue weighted by Crippen LogP contribution is 2.43. The van der Waals surface area contributed by atoms with Crippen LogP contribution in [0.4, 0.5) is 8.78 Å². The molecule has 1 aliphatic rings. The Labute approximate surface area is 186 Å². The molecule has 0 unspecified atom stereocenters. The minimum atomic E-state index is -0.287. The first-order chi connectivity index (χ1) is 14.8. The van der Waals surface area contributed by atoms with Crippen LogP contribution in [0.15, 0.2) is 48.7 Å². The van der Waals surface area contributed by atoms with Gasteiger partial charge in [-0.3, -0.25) is 0 Å². The maximum Gasteiger partial charge on any atom is 0.126 e. The number of aryl methyl sites for hydroxylation is 1. The van der Waals surface area contributed by atoms with Gasteiger partial charge in [-0.2, -0.15) is 0 Å². The Morgan fingerprint density at radius 1 is 1.10 bits per heavy atom. The molecule has 0 saturated heterocycles. The summed E-state index contributed by atoms with van der Waals surface area (Å²) < 4.78 is 27.4. The van der Waals surface area contributed by atoms with Crippen molar-refractivity contribution in [1.82, 2.24) is 5.32 Å². The van der Waals surface area contributed by atoms with E-state index in [0.29, 0.717) is 23.7 Å². The highest BCUT2D eigenvalue weighted by Gasteiger charge is 2.27. The molecular weight excluding hydrogens is 392 g/mol. The molecule has 0 heterocycles. The molecule has 5 N–H and O–H groups in total. The summed E-state index contributed by atoms with van der Waals surface area (Å²) in [6, 6.07) is 9.73. The predicted molar refractivity (Wildman–Crippen MR) is 129 cm³/mol. The van der Waals surface area contributed by atoms with Gasteiger partial charge < -0.3 is 16.8 Å². The van der Waals surface area contributed by atoms with Gasteiger partial charge in [0.25, 0.3) is 0 Å². The van der Waals surface area contributed by atoms with E-state index in [2.05, 4.69) is 11.9 Å². The minimum Gasteiger partial charge on any atom is -0.398 e. The van der Waals surface area contributed by atoms with Crippen LogP contribution in [0.1, 0.15) is 55.4 Å². The summed E-state index contributed by atoms with van der Waals surface area (Å²) in [5.41, 5.74) is 17.2. The molecule has 2 aromatic rings. The Morgan fingerprint density at radius 3 is 2.10 bits per heavy atom. The van der Waals surface area contributed by atoms with Gasteiger partial charge in [0.2, 0.25) is 0 Å². The van der Waals surface area contributed by atoms with Crippen LogP contribution >= 0.6 is 0 Å². The van der Waals surface area contributed by atoms with Gasteiger partial charge in [0.1, 0.15) is 11.6 Å². The summed E-state index contributed by atoms with van der Waals surface area (Å²) in [5, 5.41) is 2.80. The molecule has 3 rings (SSSR count). The molecule has 0 spiro atoms. The molecule has 0 atom stereocenters. The molecule has 5 heteroatoms. The lowest BCUT2D eigenvalue weighted by Gasteiger charge is -2.31. The topological polar surface area (TPSA) is 64.1 Å². The van der Waals surface area contributed by atoms with Crippen molar-refractivity contribution in [2.75, 3.05) is 13.6 Å². The molecule has 1 saturated carbocycles. The summed E-state index contributed by atoms with van der Waals surface area (Å²) in [6.07, 6.45) is 3.29. The minimum absolute atomic E-state index is 0.205. The average Bonchev–Trinajstić information content (AvgIpc) is 2.74. The summed E-state index contributed by atoms with van der Waals surface area (Å²) in [4.78, 5) is 0. The van der Waals surface area contributed by atoms with Crippen LogP contribution in [0.5, 0.6) is 0 Å². The molecule has 0 bridgehead atoms. The van der Waals surface area contributed by atoms with Crippen LogP contribution in [0, 0.1) is 31.4 Å². The van der Waals surface area contributed by atoms with E-state index in [0.717, 1.165) is 47.2 Å². The maximum atomic E-state index is 14.2. The Bertz CT molecular complexity index is 876. The van der Waals surface area contributed by atoms with E-state index in [-0.39, 0.29) is 11.6 Å². The average molecular weight is 430 g/mol. The van der Waals surface area contributed by atoms with Gasteiger partial charge in [-0.15, -0.1) is 0 Å². The zero-order valence-electron chi connectivity index (χ0n) is 19.5. The second-order valence-electron chi connectivity index (χ2n) is 7.44. The normalized spacial score (nSPS) is 13.5. The number of hydrogen-bond acceptors (Lipinski definition) is 3. The molecular formula is C26H37F2N3. The van der Waals surface area contributed by atoms with E-state index in [1.54, 1.807) is 32.2 Å². The first-order valence-electron chi connectivity index (χ1n) is 10.9. The summed E-state index contributed by atoms with van der Waals surface area (Å²) in [5.74, 6) is -0.145. The standard InChI is InChI=1S/C20H21F2N.C4H10N2.C2H6/c1-12-10-17(13(2)18(22)11-12)19(14-4-3-5-14)20(23)15-6-8-16(21)9-7-15;1-4(3-5)6-2;1-2/h6-11,14H,3-5,23H2,1-2H3;6H,1,3,5H2,2H3;1-2H3/b20-19-;;. The number of nitrogens with two attached hydrogens (primary N) is 2. The predicted octanol–water partition coefficient (Wildman–Crippen LogP) is 5.91. The first-order valence-corrected chi connectivity index (χ1v) is 10.9. The fourth-order valence-electron chi connectivity index (χ4n) is 3.26. The third-order valence-electron chi connectivity index (χ3n) is 5.34. The number of hydrogen-bond donors (Lipinski definition) is 3. The molecule has 1 fully saturated rings. The molecule has 0 aromatic heterocycles. The SMILES string of the molecule is C=C(CN)NC.CC.Cc1cc(F)c(C)c(/C(=C(\N)c2ccc(F)cc2)C2CCC2)c1. The van der Waals surface area contributed by atoms with Crippen LogP contribution in [0.3, 0.4) is 0 Å². The maximum absolute atomic E-state index is 14.2. The Morgan fingerprint density at radius 2 is 1.68 bits per heavy atom. The quantitative estimate of drug-likeness (QED) is 0.518. The fourth-order valence-corrected chi connectivity index (χ4v) is 3.26. The molecule has 0 aliphatic heterocycles. The van der Waals surface area contributed by atoms with E-state index in [1.807, 2.05) is 26.8 Å². The molecule has 3 nitrogen and oxygen atoms in total. The molecule has 1 aliphatic carbocycles. The van der Waals surface area contributed by atoms with Crippen LogP contribution in [-0.4, -0.2) is 13.6 Å². The van der Waals surface area contributed by atoms with Crippen molar-refractivity contribution in [2.24, 2.45) is 17.4 Å². The summed E-state index contributed by atoms with van der Waals surface area (Å²) >= 11 is 0. The number of nitrogens with one attached hydrogen (secondary N) is 1. The molecule has 0 amide bonds. The lowest BCUT2D eigenvalue weighted by Crippen LogP contribution is -2.18. The molecule has 31 heavy (non-hydrogen) atoms. The van der Waals surface area contributed by atoms with Crippen molar-refractivity contribution in [3.63, 3.8) is 0 Å². The van der Waals surface area contributed by atoms with Gasteiger partial charge in [-0.1, -0.05) is 32.9 Å². The smallest absolute Gasteiger partial charge is 0.126 e. The van der Waals surface area contributed by atoms with Crippen molar-refractivity contribution in [3.8, 4) is 0 Å². The van der Waals surface area contributed by atoms with Crippen molar-refractivity contribution in [3.05, 3.63) is 82.6 Å². The van der Waals surface area contributed by atoms with Crippen molar-refractivity contribution in [1.29, 1.82) is 0 Å². The van der Waals surface area contributed by atoms with E-state index < -0.39 is 0 Å². The van der Waals surface area contributed by atoms with Gasteiger partial charge in [0.15, 0.2) is 0 Å². The van der Waals surface area contributed by atoms with Gasteiger partial charge in [0.05, 0.1) is 0 Å². The highest BCUT2D eigenvalue weighted by molar-refractivity contribution is 5.91. The third kappa shape index (κ3) is 7.21. The summed E-state index contributed by atoms with van der Waals surface area (Å²) in [7, 11) is 1.80. The lowest BCUT2D eigenvalue weighted by molar-refractivity contribution is 0.400. The first kappa shape index (κ1) is 26.4. The van der Waals surface area contributed by atoms with Crippen molar-refractivity contribution < 1.29 is 8.78 Å². The van der Waals surface area contributed by atoms with Gasteiger partial charge >= 0.3 is 0 Å². The van der Waals surface area contributed by atoms with E-state index >= 15 is 0 Å². The van der Waals surface area contributed by atoms with Gasteiger partial charge in [-0.25, -0.2) is 8.78 Å². The molecule has 2 aromatic carbocycles. The zero-order valence-corrected chi connectivity index (χ0v) is 19.5. The number of halogens is 2. The molecule has 0 radical (unpaired) electrons. The van der Waals surface area contributed by atoms with Crippen LogP contribution in [-0.2, 0) is 0 Å². The van der Waals surface area contributed by atoms with Crippen molar-refractivity contribution >= 4 is 11.3 Å². The second kappa shape index (κ2) is 12.9. The van der Waals surface area contributed by atoms with E-state index in [1.165, 1.54) is 12.1 Å². The second-order valence-corrected chi connectivity index (χ2v) is 7.44. The third-order valence-corrected chi connectivity index (χ3v) is 5.34. The number of allylic oxidation sites excluding steroid dienone is 1. The van der Waals surface area contributed by atoms with Crippen LogP contribution in [0.25, 0.3) is 11.3 Å². The molecule has 170 valence electrons. The number of benzene rings is 2. The number of likely N-dealkylation sites (N-methyl/N-ethyl adjacent to an activating group) is 1. The lowest BCUT2D eigenvalue weighted by atomic mass is 9.74. The Hall–Kier alpha value is -2.66. The van der Waals surface area contributed by atoms with E-state index in [9.17, 15) is 8.78 Å². The zero-order chi connectivity index (χ0) is 23.6. The van der Waals surface area contributed by atoms with E-state index in [4.69, 9.17) is 11.5 Å². The van der Waals surface area contributed by atoms with Crippen molar-refractivity contribution in [2.45, 2.75) is 47.0 Å². The fraction of sp³-hybridized carbons (Fsp3) is 0.385. The Balaban J connectivity index is 0.000000521.